The molecule has 5 nitrogen and oxygen atoms in total. The summed E-state index contributed by atoms with van der Waals surface area (Å²) in [5, 5.41) is 3.39. The quantitative estimate of drug-likeness (QED) is 0.684. The third-order valence-electron chi connectivity index (χ3n) is 3.82. The van der Waals surface area contributed by atoms with E-state index in [0.717, 1.165) is 5.75 Å². The van der Waals surface area contributed by atoms with Gasteiger partial charge >= 0.3 is 0 Å². The Bertz CT molecular complexity index is 705. The van der Waals surface area contributed by atoms with E-state index in [-0.39, 0.29) is 11.8 Å². The molecule has 1 N–H and O–H groups in total. The number of nitrogens with zero attached hydrogens (tertiary/aromatic N) is 1. The molecule has 2 aromatic carbocycles. The van der Waals surface area contributed by atoms with Crippen molar-refractivity contribution in [2.24, 2.45) is 0 Å². The highest BCUT2D eigenvalue weighted by Gasteiger charge is 2.09. The van der Waals surface area contributed by atoms with Gasteiger partial charge in [-0.05, 0) is 42.8 Å². The summed E-state index contributed by atoms with van der Waals surface area (Å²) in [6.45, 7) is 1.41. The minimum atomic E-state index is -0.168. The topological polar surface area (TPSA) is 58.6 Å². The molecule has 0 spiro atoms. The van der Waals surface area contributed by atoms with E-state index < -0.39 is 0 Å². The number of para-hydroxylation sites is 1. The molecule has 0 bridgehead atoms. The Morgan fingerprint density at radius 3 is 2.46 bits per heavy atom. The van der Waals surface area contributed by atoms with Gasteiger partial charge in [0.1, 0.15) is 12.4 Å². The molecule has 0 unspecified atom stereocenters. The van der Waals surface area contributed by atoms with Crippen LogP contribution in [0.2, 0.25) is 5.02 Å². The molecule has 26 heavy (non-hydrogen) atoms. The van der Waals surface area contributed by atoms with Gasteiger partial charge in [-0.3, -0.25) is 9.59 Å². The second-order valence-corrected chi connectivity index (χ2v) is 6.28. The number of carbonyl (C=O) groups excluding carboxylic acids is 2. The number of ether oxygens (including phenoxy) is 1. The van der Waals surface area contributed by atoms with Gasteiger partial charge in [0.05, 0.1) is 6.54 Å². The zero-order valence-electron chi connectivity index (χ0n) is 14.8. The first kappa shape index (κ1) is 19.8. The van der Waals surface area contributed by atoms with Crippen LogP contribution >= 0.6 is 11.6 Å². The van der Waals surface area contributed by atoms with E-state index in [1.165, 1.54) is 0 Å². The highest BCUT2D eigenvalue weighted by molar-refractivity contribution is 6.30. The van der Waals surface area contributed by atoms with Crippen LogP contribution in [0.25, 0.3) is 0 Å². The fourth-order valence-electron chi connectivity index (χ4n) is 2.28. The molecule has 0 radical (unpaired) electrons. The summed E-state index contributed by atoms with van der Waals surface area (Å²) in [4.78, 5) is 25.7. The largest absolute Gasteiger partial charge is 0.492 e. The average molecular weight is 375 g/mol. The Hall–Kier alpha value is -2.53. The lowest BCUT2D eigenvalue weighted by atomic mass is 10.2. The smallest absolute Gasteiger partial charge is 0.251 e. The lowest BCUT2D eigenvalue weighted by molar-refractivity contribution is -0.130. The van der Waals surface area contributed by atoms with E-state index in [2.05, 4.69) is 5.32 Å². The Morgan fingerprint density at radius 2 is 1.77 bits per heavy atom. The molecule has 6 heteroatoms. The van der Waals surface area contributed by atoms with Crippen LogP contribution in [-0.2, 0) is 4.79 Å². The average Bonchev–Trinajstić information content (AvgIpc) is 2.66. The van der Waals surface area contributed by atoms with Crippen molar-refractivity contribution < 1.29 is 14.3 Å². The van der Waals surface area contributed by atoms with Gasteiger partial charge in [-0.2, -0.15) is 0 Å². The second-order valence-electron chi connectivity index (χ2n) is 5.84. The summed E-state index contributed by atoms with van der Waals surface area (Å²) in [6.07, 6.45) is 0.963. The highest BCUT2D eigenvalue weighted by Crippen LogP contribution is 2.09. The Labute approximate surface area is 158 Å². The molecule has 0 aliphatic carbocycles. The zero-order valence-corrected chi connectivity index (χ0v) is 15.5. The van der Waals surface area contributed by atoms with Crippen molar-refractivity contribution in [3.8, 4) is 5.75 Å². The Morgan fingerprint density at radius 1 is 1.08 bits per heavy atom. The van der Waals surface area contributed by atoms with E-state index in [1.54, 1.807) is 36.2 Å². The van der Waals surface area contributed by atoms with Gasteiger partial charge in [-0.1, -0.05) is 29.8 Å². The van der Waals surface area contributed by atoms with Crippen LogP contribution in [-0.4, -0.2) is 43.5 Å². The van der Waals surface area contributed by atoms with Gasteiger partial charge in [-0.15, -0.1) is 0 Å². The fraction of sp³-hybridized carbons (Fsp3) is 0.300. The third kappa shape index (κ3) is 6.76. The van der Waals surface area contributed by atoms with Gasteiger partial charge in [-0.25, -0.2) is 0 Å². The normalized spacial score (nSPS) is 10.2. The fourth-order valence-corrected chi connectivity index (χ4v) is 2.40. The van der Waals surface area contributed by atoms with Crippen LogP contribution in [0.1, 0.15) is 23.2 Å². The van der Waals surface area contributed by atoms with E-state index in [0.29, 0.717) is 43.1 Å². The van der Waals surface area contributed by atoms with E-state index >= 15 is 0 Å². The maximum atomic E-state index is 12.1. The molecular formula is C20H23ClN2O3. The van der Waals surface area contributed by atoms with Crippen molar-refractivity contribution in [2.45, 2.75) is 12.8 Å². The molecule has 0 atom stereocenters. The minimum absolute atomic E-state index is 0.0300. The molecule has 0 saturated carbocycles. The Kier molecular flexibility index (Phi) is 7.96. The maximum absolute atomic E-state index is 12.1. The van der Waals surface area contributed by atoms with Gasteiger partial charge in [0.15, 0.2) is 0 Å². The van der Waals surface area contributed by atoms with Crippen molar-refractivity contribution >= 4 is 23.4 Å². The number of nitrogens with one attached hydrogen (secondary N) is 1. The standard InChI is InChI=1S/C20H23ClN2O3/c1-23(14-15-26-18-6-3-2-4-7-18)19(24)8-5-13-22-20(25)16-9-11-17(21)12-10-16/h2-4,6-7,9-12H,5,8,13-15H2,1H3,(H,22,25). The number of hydrogen-bond donors (Lipinski definition) is 1. The molecule has 2 rings (SSSR count). The van der Waals surface area contributed by atoms with Crippen LogP contribution in [0.4, 0.5) is 0 Å². The monoisotopic (exact) mass is 374 g/mol. The highest BCUT2D eigenvalue weighted by atomic mass is 35.5. The summed E-state index contributed by atoms with van der Waals surface area (Å²) in [7, 11) is 1.75. The van der Waals surface area contributed by atoms with Crippen molar-refractivity contribution in [2.75, 3.05) is 26.7 Å². The molecular weight excluding hydrogens is 352 g/mol. The summed E-state index contributed by atoms with van der Waals surface area (Å²) in [5.74, 6) is 0.652. The van der Waals surface area contributed by atoms with Crippen molar-refractivity contribution in [1.82, 2.24) is 10.2 Å². The van der Waals surface area contributed by atoms with E-state index in [4.69, 9.17) is 16.3 Å². The molecule has 0 aliphatic rings. The van der Waals surface area contributed by atoms with E-state index in [1.807, 2.05) is 30.3 Å². The number of halogens is 1. The molecule has 2 amide bonds. The minimum Gasteiger partial charge on any atom is -0.492 e. The molecule has 0 aromatic heterocycles. The van der Waals surface area contributed by atoms with Gasteiger partial charge in [0.2, 0.25) is 5.91 Å². The summed E-state index contributed by atoms with van der Waals surface area (Å²) in [5.41, 5.74) is 0.552. The van der Waals surface area contributed by atoms with Crippen LogP contribution < -0.4 is 10.1 Å². The first-order valence-electron chi connectivity index (χ1n) is 8.52. The van der Waals surface area contributed by atoms with Crippen LogP contribution in [0.3, 0.4) is 0 Å². The zero-order chi connectivity index (χ0) is 18.8. The molecule has 0 heterocycles. The SMILES string of the molecule is CN(CCOc1ccccc1)C(=O)CCCNC(=O)c1ccc(Cl)cc1. The predicted molar refractivity (Wildman–Crippen MR) is 103 cm³/mol. The predicted octanol–water partition coefficient (Wildman–Crippen LogP) is 3.39. The molecule has 138 valence electrons. The Balaban J connectivity index is 1.60. The summed E-state index contributed by atoms with van der Waals surface area (Å²) in [6, 6.07) is 16.2. The van der Waals surface area contributed by atoms with Crippen LogP contribution in [0, 0.1) is 0 Å². The van der Waals surface area contributed by atoms with Crippen molar-refractivity contribution in [3.05, 3.63) is 65.2 Å². The maximum Gasteiger partial charge on any atom is 0.251 e. The lowest BCUT2D eigenvalue weighted by Crippen LogP contribution is -2.32. The first-order valence-corrected chi connectivity index (χ1v) is 8.89. The van der Waals surface area contributed by atoms with Crippen molar-refractivity contribution in [3.63, 3.8) is 0 Å². The van der Waals surface area contributed by atoms with E-state index in [9.17, 15) is 9.59 Å². The number of carbonyl (C=O) groups is 2. The van der Waals surface area contributed by atoms with Crippen LogP contribution in [0.15, 0.2) is 54.6 Å². The molecule has 0 fully saturated rings. The number of rotatable bonds is 9. The van der Waals surface area contributed by atoms with Gasteiger partial charge < -0.3 is 15.0 Å². The number of amides is 2. The molecule has 2 aromatic rings. The number of benzene rings is 2. The summed E-state index contributed by atoms with van der Waals surface area (Å²) >= 11 is 5.80. The summed E-state index contributed by atoms with van der Waals surface area (Å²) < 4.78 is 5.58. The number of hydrogen-bond acceptors (Lipinski definition) is 3. The number of likely N-dealkylation sites (N-methyl/N-ethyl adjacent to an activating group) is 1. The van der Waals surface area contributed by atoms with Gasteiger partial charge in [0.25, 0.3) is 5.91 Å². The second kappa shape index (κ2) is 10.5. The van der Waals surface area contributed by atoms with Crippen molar-refractivity contribution in [1.29, 1.82) is 0 Å². The first-order chi connectivity index (χ1) is 12.6. The third-order valence-corrected chi connectivity index (χ3v) is 4.08. The molecule has 0 saturated heterocycles. The molecule has 0 aliphatic heterocycles. The lowest BCUT2D eigenvalue weighted by Gasteiger charge is -2.17. The van der Waals surface area contributed by atoms with Crippen LogP contribution in [0.5, 0.6) is 5.75 Å². The van der Waals surface area contributed by atoms with Gasteiger partial charge in [0, 0.05) is 30.6 Å².